The Hall–Kier alpha value is -1.27. The van der Waals surface area contributed by atoms with Gasteiger partial charge in [0.25, 0.3) is 0 Å². The van der Waals surface area contributed by atoms with Gasteiger partial charge in [-0.25, -0.2) is 0 Å². The molecule has 0 aliphatic heterocycles. The van der Waals surface area contributed by atoms with Gasteiger partial charge in [0.2, 0.25) is 0 Å². The summed E-state index contributed by atoms with van der Waals surface area (Å²) in [5, 5.41) is 0. The van der Waals surface area contributed by atoms with Crippen molar-refractivity contribution >= 4 is 0 Å². The van der Waals surface area contributed by atoms with Crippen LogP contribution in [0.5, 0.6) is 0 Å². The van der Waals surface area contributed by atoms with Gasteiger partial charge in [0, 0.05) is 11.4 Å². The van der Waals surface area contributed by atoms with Gasteiger partial charge in [0.1, 0.15) is 0 Å². The van der Waals surface area contributed by atoms with E-state index in [1.165, 1.54) is 13.8 Å². The van der Waals surface area contributed by atoms with E-state index in [0.717, 1.165) is 6.07 Å². The first-order valence-corrected chi connectivity index (χ1v) is 5.07. The maximum absolute atomic E-state index is 12.2. The van der Waals surface area contributed by atoms with Crippen LogP contribution in [-0.4, -0.2) is 17.3 Å². The van der Waals surface area contributed by atoms with Crippen molar-refractivity contribution in [2.24, 2.45) is 0 Å². The molecule has 0 spiro atoms. The molecule has 0 aromatic carbocycles. The van der Waals surface area contributed by atoms with E-state index in [2.05, 4.69) is 4.98 Å². The Labute approximate surface area is 99.8 Å². The molecule has 0 saturated heterocycles. The molecular formula is C11H11F6N. The number of alkyl halides is 6. The normalized spacial score (nSPS) is 12.9. The molecule has 0 saturated carbocycles. The number of rotatable bonds is 2. The summed E-state index contributed by atoms with van der Waals surface area (Å²) >= 11 is 0. The smallest absolute Gasteiger partial charge is 0.258 e. The first kappa shape index (κ1) is 14.8. The molecule has 0 radical (unpaired) electrons. The summed E-state index contributed by atoms with van der Waals surface area (Å²) in [4.78, 5) is 3.74. The molecule has 0 N–H and O–H groups in total. The second-order valence-electron chi connectivity index (χ2n) is 4.06. The van der Waals surface area contributed by atoms with Gasteiger partial charge in [-0.1, -0.05) is 6.07 Å². The molecule has 1 heterocycles. The van der Waals surface area contributed by atoms with E-state index in [1.807, 2.05) is 0 Å². The molecule has 7 heteroatoms. The average molecular weight is 271 g/mol. The predicted molar refractivity (Wildman–Crippen MR) is 53.2 cm³/mol. The van der Waals surface area contributed by atoms with Crippen LogP contribution in [0, 0.1) is 13.8 Å². The summed E-state index contributed by atoms with van der Waals surface area (Å²) < 4.78 is 73.4. The molecule has 0 aliphatic rings. The van der Waals surface area contributed by atoms with Gasteiger partial charge in [-0.15, -0.1) is 0 Å². The van der Waals surface area contributed by atoms with E-state index < -0.39 is 25.2 Å². The molecule has 1 aromatic heterocycles. The maximum Gasteiger partial charge on any atom is 0.393 e. The summed E-state index contributed by atoms with van der Waals surface area (Å²) in [7, 11) is 0. The van der Waals surface area contributed by atoms with Crippen LogP contribution in [0.4, 0.5) is 26.3 Å². The second kappa shape index (κ2) is 4.78. The largest absolute Gasteiger partial charge is 0.393 e. The van der Waals surface area contributed by atoms with Crippen molar-refractivity contribution in [3.63, 3.8) is 0 Å². The van der Waals surface area contributed by atoms with Crippen LogP contribution in [0.25, 0.3) is 0 Å². The number of pyridine rings is 1. The lowest BCUT2D eigenvalue weighted by Crippen LogP contribution is -2.17. The first-order chi connectivity index (χ1) is 7.98. The molecule has 0 amide bonds. The maximum atomic E-state index is 12.2. The van der Waals surface area contributed by atoms with E-state index in [-0.39, 0.29) is 22.5 Å². The Morgan fingerprint density at radius 3 is 1.44 bits per heavy atom. The Bertz CT molecular complexity index is 395. The van der Waals surface area contributed by atoms with Crippen LogP contribution in [-0.2, 0) is 12.8 Å². The average Bonchev–Trinajstić information content (AvgIpc) is 2.08. The molecular weight excluding hydrogens is 260 g/mol. The van der Waals surface area contributed by atoms with E-state index in [4.69, 9.17) is 0 Å². The molecule has 18 heavy (non-hydrogen) atoms. The highest BCUT2D eigenvalue weighted by Crippen LogP contribution is 2.27. The zero-order valence-electron chi connectivity index (χ0n) is 9.71. The molecule has 102 valence electrons. The van der Waals surface area contributed by atoms with E-state index in [1.54, 1.807) is 0 Å². The number of aryl methyl sites for hydroxylation is 2. The molecule has 0 fully saturated rings. The first-order valence-electron chi connectivity index (χ1n) is 5.07. The lowest BCUT2D eigenvalue weighted by atomic mass is 10.0. The summed E-state index contributed by atoms with van der Waals surface area (Å²) in [6.45, 7) is 2.71. The van der Waals surface area contributed by atoms with Gasteiger partial charge in [-0.2, -0.15) is 26.3 Å². The summed E-state index contributed by atoms with van der Waals surface area (Å²) in [6.07, 6.45) is -11.5. The minimum atomic E-state index is -4.46. The van der Waals surface area contributed by atoms with Gasteiger partial charge in [-0.05, 0) is 25.0 Å². The fourth-order valence-electron chi connectivity index (χ4n) is 1.60. The third-order valence-electron chi connectivity index (χ3n) is 2.40. The van der Waals surface area contributed by atoms with Gasteiger partial charge in [0.05, 0.1) is 12.8 Å². The van der Waals surface area contributed by atoms with E-state index >= 15 is 0 Å². The highest BCUT2D eigenvalue weighted by Gasteiger charge is 2.31. The standard InChI is InChI=1S/C11H11F6N/c1-6-8(4-10(12,13)14)3-9(7(2)18-6)5-11(15,16)17/h3H,4-5H2,1-2H3. The van der Waals surface area contributed by atoms with Gasteiger partial charge in [-0.3, -0.25) is 4.98 Å². The van der Waals surface area contributed by atoms with Crippen molar-refractivity contribution in [2.45, 2.75) is 39.0 Å². The number of hydrogen-bond acceptors (Lipinski definition) is 1. The predicted octanol–water partition coefficient (Wildman–Crippen LogP) is 3.91. The highest BCUT2D eigenvalue weighted by atomic mass is 19.4. The van der Waals surface area contributed by atoms with E-state index in [0.29, 0.717) is 0 Å². The minimum Gasteiger partial charge on any atom is -0.258 e. The van der Waals surface area contributed by atoms with Crippen LogP contribution < -0.4 is 0 Å². The summed E-state index contributed by atoms with van der Waals surface area (Å²) in [6, 6.07) is 0.943. The third-order valence-corrected chi connectivity index (χ3v) is 2.40. The van der Waals surface area contributed by atoms with Gasteiger partial charge >= 0.3 is 12.4 Å². The molecule has 0 bridgehead atoms. The van der Waals surface area contributed by atoms with Gasteiger partial charge < -0.3 is 0 Å². The Morgan fingerprint density at radius 2 is 1.17 bits per heavy atom. The van der Waals surface area contributed by atoms with Crippen LogP contribution in [0.2, 0.25) is 0 Å². The van der Waals surface area contributed by atoms with E-state index in [9.17, 15) is 26.3 Å². The van der Waals surface area contributed by atoms with Crippen molar-refractivity contribution in [3.8, 4) is 0 Å². The summed E-state index contributed by atoms with van der Waals surface area (Å²) in [5.74, 6) is 0. The number of aromatic nitrogens is 1. The fraction of sp³-hybridized carbons (Fsp3) is 0.545. The quantitative estimate of drug-likeness (QED) is 0.743. The third kappa shape index (κ3) is 4.54. The van der Waals surface area contributed by atoms with Crippen molar-refractivity contribution in [3.05, 3.63) is 28.6 Å². The van der Waals surface area contributed by atoms with Gasteiger partial charge in [0.15, 0.2) is 0 Å². The Balaban J connectivity index is 3.10. The minimum absolute atomic E-state index is 0.107. The SMILES string of the molecule is Cc1nc(C)c(CC(F)(F)F)cc1CC(F)(F)F. The Kier molecular flexibility index (Phi) is 3.92. The lowest BCUT2D eigenvalue weighted by Gasteiger charge is -2.14. The van der Waals surface area contributed by atoms with Crippen molar-refractivity contribution in [2.75, 3.05) is 0 Å². The molecule has 1 nitrogen and oxygen atoms in total. The second-order valence-corrected chi connectivity index (χ2v) is 4.06. The van der Waals surface area contributed by atoms with Crippen LogP contribution in [0.15, 0.2) is 6.07 Å². The highest BCUT2D eigenvalue weighted by molar-refractivity contribution is 5.30. The fourth-order valence-corrected chi connectivity index (χ4v) is 1.60. The molecule has 0 atom stereocenters. The molecule has 1 aromatic rings. The monoisotopic (exact) mass is 271 g/mol. The number of halogens is 6. The number of nitrogens with zero attached hydrogens (tertiary/aromatic N) is 1. The Morgan fingerprint density at radius 1 is 0.833 bits per heavy atom. The lowest BCUT2D eigenvalue weighted by molar-refractivity contribution is -0.127. The topological polar surface area (TPSA) is 12.9 Å². The van der Waals surface area contributed by atoms with Crippen LogP contribution in [0.3, 0.4) is 0 Å². The van der Waals surface area contributed by atoms with Crippen LogP contribution in [0.1, 0.15) is 22.5 Å². The zero-order chi connectivity index (χ0) is 14.1. The summed E-state index contributed by atoms with van der Waals surface area (Å²) in [5.41, 5.74) is -0.216. The number of hydrogen-bond donors (Lipinski definition) is 0. The molecule has 1 rings (SSSR count). The molecule has 0 unspecified atom stereocenters. The van der Waals surface area contributed by atoms with Crippen molar-refractivity contribution in [1.82, 2.24) is 4.98 Å². The van der Waals surface area contributed by atoms with Crippen molar-refractivity contribution < 1.29 is 26.3 Å². The molecule has 0 aliphatic carbocycles. The van der Waals surface area contributed by atoms with Crippen LogP contribution >= 0.6 is 0 Å². The zero-order valence-corrected chi connectivity index (χ0v) is 9.71. The van der Waals surface area contributed by atoms with Crippen molar-refractivity contribution in [1.29, 1.82) is 0 Å².